The van der Waals surface area contributed by atoms with Crippen molar-refractivity contribution in [3.8, 4) is 0 Å². The molecule has 24 heavy (non-hydrogen) atoms. The molecular weight excluding hydrogens is 330 g/mol. The van der Waals surface area contributed by atoms with E-state index in [0.29, 0.717) is 28.3 Å². The summed E-state index contributed by atoms with van der Waals surface area (Å²) in [6.45, 7) is 5.62. The van der Waals surface area contributed by atoms with E-state index in [1.54, 1.807) is 24.4 Å². The molecule has 6 nitrogen and oxygen atoms in total. The van der Waals surface area contributed by atoms with Crippen LogP contribution >= 0.6 is 11.6 Å². The largest absolute Gasteiger partial charge is 0.444 e. The van der Waals surface area contributed by atoms with Crippen LogP contribution in [0.15, 0.2) is 36.8 Å². The van der Waals surface area contributed by atoms with Crippen LogP contribution in [-0.4, -0.2) is 27.9 Å². The van der Waals surface area contributed by atoms with E-state index in [2.05, 4.69) is 9.97 Å². The first-order valence-electron chi connectivity index (χ1n) is 7.29. The van der Waals surface area contributed by atoms with Gasteiger partial charge in [0.05, 0.1) is 5.02 Å². The van der Waals surface area contributed by atoms with E-state index >= 15 is 0 Å². The van der Waals surface area contributed by atoms with Crippen LogP contribution < -0.4 is 4.90 Å². The molecule has 2 heterocycles. The molecule has 0 aliphatic heterocycles. The van der Waals surface area contributed by atoms with Gasteiger partial charge in [-0.3, -0.25) is 14.7 Å². The highest BCUT2D eigenvalue weighted by Gasteiger charge is 2.30. The van der Waals surface area contributed by atoms with Crippen LogP contribution in [0.1, 0.15) is 36.7 Å². The molecule has 7 heteroatoms. The molecule has 2 aromatic heterocycles. The maximum Gasteiger partial charge on any atom is 0.416 e. The standard InChI is InChI=1S/C17H18ClN3O3/c1-17(2,3)21(15-5-4-12(10-22)8-20-15)16(23)24-11-13-6-7-19-9-14(13)18/h4-10H,11H2,1-3H3. The van der Waals surface area contributed by atoms with E-state index in [4.69, 9.17) is 16.3 Å². The Morgan fingerprint density at radius 1 is 1.29 bits per heavy atom. The first-order valence-corrected chi connectivity index (χ1v) is 7.67. The van der Waals surface area contributed by atoms with Crippen molar-refractivity contribution in [3.05, 3.63) is 52.9 Å². The summed E-state index contributed by atoms with van der Waals surface area (Å²) in [4.78, 5) is 32.8. The fourth-order valence-corrected chi connectivity index (χ4v) is 2.21. The molecular formula is C17H18ClN3O3. The third-order valence-corrected chi connectivity index (χ3v) is 3.54. The summed E-state index contributed by atoms with van der Waals surface area (Å²) in [5.41, 5.74) is 0.539. The van der Waals surface area contributed by atoms with Gasteiger partial charge in [-0.25, -0.2) is 9.78 Å². The third-order valence-electron chi connectivity index (χ3n) is 3.20. The first kappa shape index (κ1) is 17.9. The van der Waals surface area contributed by atoms with Crippen molar-refractivity contribution < 1.29 is 14.3 Å². The Morgan fingerprint density at radius 2 is 2.04 bits per heavy atom. The number of hydrogen-bond acceptors (Lipinski definition) is 5. The lowest BCUT2D eigenvalue weighted by Gasteiger charge is -2.33. The highest BCUT2D eigenvalue weighted by molar-refractivity contribution is 6.31. The molecule has 0 fully saturated rings. The summed E-state index contributed by atoms with van der Waals surface area (Å²) in [6.07, 6.45) is 4.62. The Balaban J connectivity index is 2.19. The predicted molar refractivity (Wildman–Crippen MR) is 91.3 cm³/mol. The Hall–Kier alpha value is -2.47. The van der Waals surface area contributed by atoms with Crippen molar-refractivity contribution in [1.82, 2.24) is 9.97 Å². The summed E-state index contributed by atoms with van der Waals surface area (Å²) in [7, 11) is 0. The minimum Gasteiger partial charge on any atom is -0.444 e. The lowest BCUT2D eigenvalue weighted by molar-refractivity contribution is 0.112. The maximum atomic E-state index is 12.6. The lowest BCUT2D eigenvalue weighted by atomic mass is 10.1. The lowest BCUT2D eigenvalue weighted by Crippen LogP contribution is -2.46. The van der Waals surface area contributed by atoms with Crippen molar-refractivity contribution in [1.29, 1.82) is 0 Å². The topological polar surface area (TPSA) is 72.4 Å². The van der Waals surface area contributed by atoms with Crippen LogP contribution in [0.4, 0.5) is 10.6 Å². The van der Waals surface area contributed by atoms with E-state index in [0.717, 1.165) is 0 Å². The minimum absolute atomic E-state index is 0.0270. The van der Waals surface area contributed by atoms with Crippen molar-refractivity contribution in [3.63, 3.8) is 0 Å². The molecule has 0 aromatic carbocycles. The summed E-state index contributed by atoms with van der Waals surface area (Å²) >= 11 is 6.01. The number of halogens is 1. The SMILES string of the molecule is CC(C)(C)N(C(=O)OCc1ccncc1Cl)c1ccc(C=O)cn1. The second kappa shape index (κ2) is 7.40. The zero-order valence-corrected chi connectivity index (χ0v) is 14.4. The number of rotatable bonds is 4. The summed E-state index contributed by atoms with van der Waals surface area (Å²) in [5.74, 6) is 0.402. The number of amides is 1. The molecule has 0 unspecified atom stereocenters. The van der Waals surface area contributed by atoms with Crippen LogP contribution in [0.2, 0.25) is 5.02 Å². The van der Waals surface area contributed by atoms with E-state index < -0.39 is 11.6 Å². The summed E-state index contributed by atoms with van der Waals surface area (Å²) < 4.78 is 5.37. The van der Waals surface area contributed by atoms with Gasteiger partial charge in [-0.15, -0.1) is 0 Å². The van der Waals surface area contributed by atoms with Gasteiger partial charge in [0.1, 0.15) is 12.4 Å². The zero-order valence-electron chi connectivity index (χ0n) is 13.7. The molecule has 1 amide bonds. The normalized spacial score (nSPS) is 11.0. The molecule has 0 saturated carbocycles. The van der Waals surface area contributed by atoms with Crippen LogP contribution in [0.5, 0.6) is 0 Å². The smallest absolute Gasteiger partial charge is 0.416 e. The molecule has 0 spiro atoms. The fraction of sp³-hybridized carbons (Fsp3) is 0.294. The number of aromatic nitrogens is 2. The van der Waals surface area contributed by atoms with Crippen molar-refractivity contribution >= 4 is 29.8 Å². The molecule has 126 valence electrons. The number of ether oxygens (including phenoxy) is 1. The summed E-state index contributed by atoms with van der Waals surface area (Å²) in [5, 5.41) is 0.432. The molecule has 0 bridgehead atoms. The minimum atomic E-state index is -0.561. The molecule has 0 saturated heterocycles. The average molecular weight is 348 g/mol. The molecule has 0 aliphatic rings. The number of nitrogens with zero attached hydrogens (tertiary/aromatic N) is 3. The second-order valence-corrected chi connectivity index (χ2v) is 6.50. The number of carbonyl (C=O) groups is 2. The number of aldehydes is 1. The van der Waals surface area contributed by atoms with Crippen LogP contribution in [0, 0.1) is 0 Å². The highest BCUT2D eigenvalue weighted by Crippen LogP contribution is 2.24. The highest BCUT2D eigenvalue weighted by atomic mass is 35.5. The Kier molecular flexibility index (Phi) is 5.51. The van der Waals surface area contributed by atoms with Gasteiger partial charge >= 0.3 is 6.09 Å². The molecule has 0 radical (unpaired) electrons. The molecule has 0 aliphatic carbocycles. The number of hydrogen-bond donors (Lipinski definition) is 0. The Bertz CT molecular complexity index is 727. The van der Waals surface area contributed by atoms with Crippen LogP contribution in [-0.2, 0) is 11.3 Å². The molecule has 2 rings (SSSR count). The Morgan fingerprint density at radius 3 is 2.58 bits per heavy atom. The van der Waals surface area contributed by atoms with Gasteiger partial charge in [0.2, 0.25) is 0 Å². The molecule has 2 aromatic rings. The monoisotopic (exact) mass is 347 g/mol. The van der Waals surface area contributed by atoms with Gasteiger partial charge in [-0.1, -0.05) is 11.6 Å². The van der Waals surface area contributed by atoms with Crippen molar-refractivity contribution in [2.75, 3.05) is 4.90 Å². The number of carbonyl (C=O) groups excluding carboxylic acids is 2. The van der Waals surface area contributed by atoms with E-state index in [-0.39, 0.29) is 6.61 Å². The van der Waals surface area contributed by atoms with Crippen LogP contribution in [0.25, 0.3) is 0 Å². The predicted octanol–water partition coefficient (Wildman–Crippen LogP) is 3.88. The van der Waals surface area contributed by atoms with E-state index in [1.165, 1.54) is 17.3 Å². The van der Waals surface area contributed by atoms with Gasteiger partial charge in [0, 0.05) is 35.3 Å². The second-order valence-electron chi connectivity index (χ2n) is 6.10. The van der Waals surface area contributed by atoms with Gasteiger partial charge in [0.25, 0.3) is 0 Å². The fourth-order valence-electron chi connectivity index (χ4n) is 2.04. The molecule has 0 atom stereocenters. The van der Waals surface area contributed by atoms with Crippen molar-refractivity contribution in [2.45, 2.75) is 32.9 Å². The Labute approximate surface area is 145 Å². The first-order chi connectivity index (χ1) is 11.3. The average Bonchev–Trinajstić information content (AvgIpc) is 2.53. The molecule has 0 N–H and O–H groups in total. The number of pyridine rings is 2. The van der Waals surface area contributed by atoms with Gasteiger partial charge in [-0.2, -0.15) is 0 Å². The van der Waals surface area contributed by atoms with E-state index in [1.807, 2.05) is 20.8 Å². The van der Waals surface area contributed by atoms with Gasteiger partial charge in [0.15, 0.2) is 6.29 Å². The quantitative estimate of drug-likeness (QED) is 0.785. The zero-order chi connectivity index (χ0) is 17.7. The van der Waals surface area contributed by atoms with Gasteiger partial charge < -0.3 is 4.74 Å². The number of anilines is 1. The summed E-state index contributed by atoms with van der Waals surface area (Å²) in [6, 6.07) is 4.89. The van der Waals surface area contributed by atoms with Gasteiger partial charge in [-0.05, 0) is 39.0 Å². The maximum absolute atomic E-state index is 12.6. The van der Waals surface area contributed by atoms with E-state index in [9.17, 15) is 9.59 Å². The third kappa shape index (κ3) is 4.29. The van der Waals surface area contributed by atoms with Crippen molar-refractivity contribution in [2.24, 2.45) is 0 Å². The van der Waals surface area contributed by atoms with Crippen LogP contribution in [0.3, 0.4) is 0 Å².